The molecule has 2 rings (SSSR count). The number of aromatic amines is 1. The second-order valence-electron chi connectivity index (χ2n) is 6.05. The van der Waals surface area contributed by atoms with Crippen LogP contribution in [0.4, 0.5) is 13.2 Å². The molecule has 25 heavy (non-hydrogen) atoms. The average Bonchev–Trinajstić information content (AvgIpc) is 2.87. The number of halogens is 3. The molecule has 1 aromatic carbocycles. The zero-order valence-electron chi connectivity index (χ0n) is 14.1. The SMILES string of the molecule is C#CCCCc1[nH]c2ccc(C)cc2c1CCCNC(=O)C(F)(F)F. The van der Waals surface area contributed by atoms with Crippen LogP contribution in [0.5, 0.6) is 0 Å². The zero-order valence-corrected chi connectivity index (χ0v) is 14.1. The normalized spacial score (nSPS) is 11.5. The van der Waals surface area contributed by atoms with Gasteiger partial charge in [0.25, 0.3) is 0 Å². The highest BCUT2D eigenvalue weighted by Crippen LogP contribution is 2.26. The molecule has 0 aliphatic heterocycles. The van der Waals surface area contributed by atoms with Crippen LogP contribution < -0.4 is 5.32 Å². The lowest BCUT2D eigenvalue weighted by Crippen LogP contribution is -2.37. The van der Waals surface area contributed by atoms with Crippen molar-refractivity contribution in [1.29, 1.82) is 0 Å². The molecule has 6 heteroatoms. The second kappa shape index (κ2) is 8.11. The first kappa shape index (κ1) is 18.9. The van der Waals surface area contributed by atoms with E-state index in [4.69, 9.17) is 6.42 Å². The van der Waals surface area contributed by atoms with Crippen LogP contribution >= 0.6 is 0 Å². The number of alkyl halides is 3. The lowest BCUT2D eigenvalue weighted by Gasteiger charge is -2.08. The lowest BCUT2D eigenvalue weighted by atomic mass is 10.0. The van der Waals surface area contributed by atoms with Gasteiger partial charge in [-0.1, -0.05) is 11.6 Å². The molecule has 0 atom stereocenters. The summed E-state index contributed by atoms with van der Waals surface area (Å²) >= 11 is 0. The lowest BCUT2D eigenvalue weighted by molar-refractivity contribution is -0.173. The highest BCUT2D eigenvalue weighted by Gasteiger charge is 2.38. The van der Waals surface area contributed by atoms with E-state index in [1.54, 1.807) is 0 Å². The van der Waals surface area contributed by atoms with E-state index in [9.17, 15) is 18.0 Å². The number of unbranched alkanes of at least 4 members (excludes halogenated alkanes) is 1. The fraction of sp³-hybridized carbons (Fsp3) is 0.421. The van der Waals surface area contributed by atoms with Crippen LogP contribution in [0.15, 0.2) is 18.2 Å². The molecule has 0 fully saturated rings. The van der Waals surface area contributed by atoms with Gasteiger partial charge in [-0.3, -0.25) is 4.79 Å². The monoisotopic (exact) mass is 350 g/mol. The Morgan fingerprint density at radius 1 is 1.28 bits per heavy atom. The Labute approximate surface area is 145 Å². The van der Waals surface area contributed by atoms with Crippen LogP contribution in [0, 0.1) is 19.3 Å². The van der Waals surface area contributed by atoms with Crippen molar-refractivity contribution in [3.8, 4) is 12.3 Å². The summed E-state index contributed by atoms with van der Waals surface area (Å²) in [5.74, 6) is 0.719. The molecule has 0 aliphatic rings. The van der Waals surface area contributed by atoms with Gasteiger partial charge in [-0.05, 0) is 50.3 Å². The maximum absolute atomic E-state index is 12.2. The van der Waals surface area contributed by atoms with Crippen LogP contribution in [0.2, 0.25) is 0 Å². The van der Waals surface area contributed by atoms with E-state index in [0.29, 0.717) is 19.3 Å². The Hall–Kier alpha value is -2.42. The number of rotatable bonds is 7. The summed E-state index contributed by atoms with van der Waals surface area (Å²) < 4.78 is 36.6. The van der Waals surface area contributed by atoms with Crippen LogP contribution in [0.25, 0.3) is 10.9 Å². The number of aryl methyl sites for hydroxylation is 3. The predicted octanol–water partition coefficient (Wildman–Crippen LogP) is 4.04. The molecule has 1 aromatic heterocycles. The summed E-state index contributed by atoms with van der Waals surface area (Å²) in [6.07, 6.45) is 3.80. The number of carbonyl (C=O) groups excluding carboxylic acids is 1. The molecule has 0 bridgehead atoms. The third kappa shape index (κ3) is 5.02. The summed E-state index contributed by atoms with van der Waals surface area (Å²) in [5, 5.41) is 3.00. The predicted molar refractivity (Wildman–Crippen MR) is 92.2 cm³/mol. The molecule has 1 heterocycles. The van der Waals surface area contributed by atoms with Crippen molar-refractivity contribution in [3.63, 3.8) is 0 Å². The summed E-state index contributed by atoms with van der Waals surface area (Å²) in [6, 6.07) is 6.09. The van der Waals surface area contributed by atoms with Crippen molar-refractivity contribution >= 4 is 16.8 Å². The maximum Gasteiger partial charge on any atom is 0.471 e. The topological polar surface area (TPSA) is 44.9 Å². The van der Waals surface area contributed by atoms with Crippen LogP contribution in [0.3, 0.4) is 0 Å². The molecule has 0 unspecified atom stereocenters. The van der Waals surface area contributed by atoms with Gasteiger partial charge in [0.2, 0.25) is 0 Å². The van der Waals surface area contributed by atoms with Crippen molar-refractivity contribution in [2.45, 2.75) is 45.2 Å². The van der Waals surface area contributed by atoms with Crippen molar-refractivity contribution in [2.75, 3.05) is 6.54 Å². The van der Waals surface area contributed by atoms with Crippen LogP contribution in [0.1, 0.15) is 36.1 Å². The number of fused-ring (bicyclic) bond motifs is 1. The third-order valence-corrected chi connectivity index (χ3v) is 4.04. The molecule has 2 aromatic rings. The van der Waals surface area contributed by atoms with Gasteiger partial charge in [-0.25, -0.2) is 0 Å². The van der Waals surface area contributed by atoms with E-state index in [1.807, 2.05) is 24.4 Å². The quantitative estimate of drug-likeness (QED) is 0.574. The van der Waals surface area contributed by atoms with Gasteiger partial charge in [-0.2, -0.15) is 13.2 Å². The Kier molecular flexibility index (Phi) is 6.13. The number of benzene rings is 1. The number of H-pyrrole nitrogens is 1. The van der Waals surface area contributed by atoms with E-state index < -0.39 is 12.1 Å². The number of amides is 1. The molecule has 3 nitrogen and oxygen atoms in total. The number of carbonyl (C=O) groups is 1. The molecular formula is C19H21F3N2O. The molecule has 0 radical (unpaired) electrons. The van der Waals surface area contributed by atoms with E-state index in [1.165, 1.54) is 0 Å². The summed E-state index contributed by atoms with van der Waals surface area (Å²) in [6.45, 7) is 1.98. The van der Waals surface area contributed by atoms with E-state index >= 15 is 0 Å². The Balaban J connectivity index is 2.09. The van der Waals surface area contributed by atoms with Crippen molar-refractivity contribution in [2.24, 2.45) is 0 Å². The zero-order chi connectivity index (χ0) is 18.4. The molecular weight excluding hydrogens is 329 g/mol. The number of aromatic nitrogens is 1. The van der Waals surface area contributed by atoms with Gasteiger partial charge in [0, 0.05) is 29.6 Å². The Morgan fingerprint density at radius 2 is 2.04 bits per heavy atom. The van der Waals surface area contributed by atoms with Crippen molar-refractivity contribution in [1.82, 2.24) is 10.3 Å². The van der Waals surface area contributed by atoms with Gasteiger partial charge in [-0.15, -0.1) is 12.3 Å². The second-order valence-corrected chi connectivity index (χ2v) is 6.05. The summed E-state index contributed by atoms with van der Waals surface area (Å²) in [5.41, 5.74) is 4.29. The number of hydrogen-bond acceptors (Lipinski definition) is 1. The van der Waals surface area contributed by atoms with E-state index in [0.717, 1.165) is 40.6 Å². The third-order valence-electron chi connectivity index (χ3n) is 4.04. The van der Waals surface area contributed by atoms with Crippen molar-refractivity contribution in [3.05, 3.63) is 35.0 Å². The molecule has 0 aliphatic carbocycles. The highest BCUT2D eigenvalue weighted by molar-refractivity contribution is 5.85. The summed E-state index contributed by atoms with van der Waals surface area (Å²) in [7, 11) is 0. The van der Waals surface area contributed by atoms with E-state index in [-0.39, 0.29) is 6.54 Å². The fourth-order valence-electron chi connectivity index (χ4n) is 2.85. The smallest absolute Gasteiger partial charge is 0.358 e. The molecule has 0 spiro atoms. The molecule has 0 saturated carbocycles. The Bertz CT molecular complexity index is 784. The molecule has 134 valence electrons. The summed E-state index contributed by atoms with van der Waals surface area (Å²) in [4.78, 5) is 14.3. The minimum Gasteiger partial charge on any atom is -0.358 e. The first-order valence-electron chi connectivity index (χ1n) is 8.21. The fourth-order valence-corrected chi connectivity index (χ4v) is 2.85. The number of hydrogen-bond donors (Lipinski definition) is 2. The van der Waals surface area contributed by atoms with Gasteiger partial charge in [0.05, 0.1) is 0 Å². The first-order valence-corrected chi connectivity index (χ1v) is 8.21. The largest absolute Gasteiger partial charge is 0.471 e. The molecule has 0 saturated heterocycles. The van der Waals surface area contributed by atoms with Gasteiger partial charge >= 0.3 is 12.1 Å². The Morgan fingerprint density at radius 3 is 2.72 bits per heavy atom. The average molecular weight is 350 g/mol. The van der Waals surface area contributed by atoms with Gasteiger partial charge in [0.1, 0.15) is 0 Å². The van der Waals surface area contributed by atoms with Gasteiger partial charge < -0.3 is 10.3 Å². The van der Waals surface area contributed by atoms with Crippen LogP contribution in [-0.4, -0.2) is 23.6 Å². The minimum atomic E-state index is -4.84. The molecule has 1 amide bonds. The first-order chi connectivity index (χ1) is 11.8. The standard InChI is InChI=1S/C19H21F3N2O/c1-3-4-5-8-16-14(7-6-11-23-18(25)19(20,21)22)15-12-13(2)9-10-17(15)24-16/h1,9-10,12,24H,4-8,11H2,2H3,(H,23,25). The minimum absolute atomic E-state index is 0.0133. The number of terminal acetylenes is 1. The van der Waals surface area contributed by atoms with Crippen molar-refractivity contribution < 1.29 is 18.0 Å². The maximum atomic E-state index is 12.2. The highest BCUT2D eigenvalue weighted by atomic mass is 19.4. The van der Waals surface area contributed by atoms with Crippen LogP contribution in [-0.2, 0) is 17.6 Å². The molecule has 2 N–H and O–H groups in total. The van der Waals surface area contributed by atoms with E-state index in [2.05, 4.69) is 17.0 Å². The number of nitrogens with one attached hydrogen (secondary N) is 2. The van der Waals surface area contributed by atoms with Gasteiger partial charge in [0.15, 0.2) is 0 Å².